The monoisotopic (exact) mass is 449 g/mol. The second kappa shape index (κ2) is 7.86. The normalized spacial score (nSPS) is 22.0. The maximum absolute atomic E-state index is 12.6. The molecule has 0 bridgehead atoms. The van der Waals surface area contributed by atoms with Gasteiger partial charge >= 0.3 is 0 Å². The second-order valence-electron chi connectivity index (χ2n) is 7.76. The summed E-state index contributed by atoms with van der Waals surface area (Å²) in [4.78, 5) is 45.3. The molecule has 2 amide bonds. The van der Waals surface area contributed by atoms with Gasteiger partial charge in [0.1, 0.15) is 12.3 Å². The van der Waals surface area contributed by atoms with Crippen molar-refractivity contribution in [3.63, 3.8) is 0 Å². The number of fused-ring (bicyclic) bond motifs is 2. The molecule has 0 saturated carbocycles. The van der Waals surface area contributed by atoms with Crippen molar-refractivity contribution in [2.24, 2.45) is 0 Å². The predicted octanol–water partition coefficient (Wildman–Crippen LogP) is -0.405. The van der Waals surface area contributed by atoms with Gasteiger partial charge in [0.05, 0.1) is 41.3 Å². The Hall–Kier alpha value is -3.98. The number of nitrogens with two attached hydrogens (primary N) is 1. The first-order valence-electron chi connectivity index (χ1n) is 10.2. The van der Waals surface area contributed by atoms with Gasteiger partial charge in [0.25, 0.3) is 17.4 Å². The van der Waals surface area contributed by atoms with Gasteiger partial charge in [-0.3, -0.25) is 24.3 Å². The van der Waals surface area contributed by atoms with Crippen LogP contribution < -0.4 is 11.3 Å². The Morgan fingerprint density at radius 3 is 2.55 bits per heavy atom. The van der Waals surface area contributed by atoms with Crippen molar-refractivity contribution in [2.75, 3.05) is 18.9 Å². The topological polar surface area (TPSA) is 164 Å². The lowest BCUT2D eigenvalue weighted by Crippen LogP contribution is -2.30. The maximum Gasteiger partial charge on any atom is 0.263 e. The number of amides is 2. The summed E-state index contributed by atoms with van der Waals surface area (Å²) in [7, 11) is 0. The van der Waals surface area contributed by atoms with Gasteiger partial charge in [0, 0.05) is 12.6 Å². The van der Waals surface area contributed by atoms with Crippen molar-refractivity contribution in [2.45, 2.75) is 24.9 Å². The lowest BCUT2D eigenvalue weighted by atomic mass is 10.1. The number of rotatable bonds is 3. The summed E-state index contributed by atoms with van der Waals surface area (Å²) < 4.78 is 7.22. The van der Waals surface area contributed by atoms with Gasteiger partial charge in [0.15, 0.2) is 5.65 Å². The van der Waals surface area contributed by atoms with Gasteiger partial charge in [-0.05, 0) is 12.1 Å². The first-order chi connectivity index (χ1) is 15.9. The van der Waals surface area contributed by atoms with Crippen LogP contribution in [0.3, 0.4) is 0 Å². The van der Waals surface area contributed by atoms with Crippen LogP contribution in [0.1, 0.15) is 38.9 Å². The molecule has 11 heteroatoms. The van der Waals surface area contributed by atoms with Crippen molar-refractivity contribution in [1.29, 1.82) is 0 Å². The number of imide groups is 1. The fourth-order valence-corrected chi connectivity index (χ4v) is 4.13. The SMILES string of the molecule is Nc1nc2c(c(C#CCN3C(=O)c4ccccc4C3=O)cn2[C@H]2C[C@H](O)[C@@H](CO)O2)c(=O)[nH]1. The van der Waals surface area contributed by atoms with E-state index in [4.69, 9.17) is 10.5 Å². The molecule has 0 unspecified atom stereocenters. The highest BCUT2D eigenvalue weighted by atomic mass is 16.5. The standard InChI is InChI=1S/C22H19N5O6/c23-22-24-18-17(19(30)25-22)11(9-27(18)16-8-14(29)15(10-28)33-16)4-3-7-26-20(31)12-5-1-2-6-13(12)21(26)32/h1-2,5-6,9,14-16,28-29H,7-8,10H2,(H3,23,24,25,30)/t14-,15+,16+/m0/s1. The zero-order chi connectivity index (χ0) is 23.3. The fourth-order valence-electron chi connectivity index (χ4n) is 4.13. The Morgan fingerprint density at radius 2 is 1.91 bits per heavy atom. The lowest BCUT2D eigenvalue weighted by Gasteiger charge is -2.14. The van der Waals surface area contributed by atoms with Crippen molar-refractivity contribution in [3.8, 4) is 11.8 Å². The average molecular weight is 449 g/mol. The van der Waals surface area contributed by atoms with E-state index in [1.54, 1.807) is 30.5 Å². The Balaban J connectivity index is 1.49. The number of carbonyl (C=O) groups excluding carboxylic acids is 2. The minimum atomic E-state index is -0.889. The summed E-state index contributed by atoms with van der Waals surface area (Å²) >= 11 is 0. The molecule has 0 aliphatic carbocycles. The number of hydrogen-bond acceptors (Lipinski definition) is 8. The molecule has 168 valence electrons. The first-order valence-corrected chi connectivity index (χ1v) is 10.2. The van der Waals surface area contributed by atoms with Gasteiger partial charge in [-0.15, -0.1) is 0 Å². The minimum absolute atomic E-state index is 0.102. The van der Waals surface area contributed by atoms with Gasteiger partial charge in [-0.2, -0.15) is 4.98 Å². The molecule has 2 aromatic heterocycles. The predicted molar refractivity (Wildman–Crippen MR) is 115 cm³/mol. The number of carbonyl (C=O) groups is 2. The smallest absolute Gasteiger partial charge is 0.263 e. The average Bonchev–Trinajstić information content (AvgIpc) is 3.42. The molecule has 5 N–H and O–H groups in total. The molecular formula is C22H19N5O6. The number of nitrogens with one attached hydrogen (secondary N) is 1. The highest BCUT2D eigenvalue weighted by molar-refractivity contribution is 6.21. The zero-order valence-corrected chi connectivity index (χ0v) is 17.2. The minimum Gasteiger partial charge on any atom is -0.394 e. The summed E-state index contributed by atoms with van der Waals surface area (Å²) in [5, 5.41) is 19.6. The quantitative estimate of drug-likeness (QED) is 0.310. The van der Waals surface area contributed by atoms with E-state index in [-0.39, 0.29) is 36.6 Å². The second-order valence-corrected chi connectivity index (χ2v) is 7.76. The van der Waals surface area contributed by atoms with Crippen LogP contribution in [0.2, 0.25) is 0 Å². The van der Waals surface area contributed by atoms with Crippen LogP contribution in [-0.2, 0) is 4.74 Å². The molecule has 2 aliphatic heterocycles. The number of aliphatic hydroxyl groups excluding tert-OH is 2. The maximum atomic E-state index is 12.6. The summed E-state index contributed by atoms with van der Waals surface area (Å²) in [6.45, 7) is -0.523. The summed E-state index contributed by atoms with van der Waals surface area (Å²) in [6.07, 6.45) is -0.639. The van der Waals surface area contributed by atoms with E-state index in [0.29, 0.717) is 16.7 Å². The van der Waals surface area contributed by atoms with Crippen LogP contribution in [0, 0.1) is 11.8 Å². The van der Waals surface area contributed by atoms with Gasteiger partial charge in [0.2, 0.25) is 5.95 Å². The lowest BCUT2D eigenvalue weighted by molar-refractivity contribution is -0.0430. The molecule has 0 radical (unpaired) electrons. The van der Waals surface area contributed by atoms with E-state index in [1.165, 1.54) is 4.57 Å². The van der Waals surface area contributed by atoms with Crippen LogP contribution in [0.25, 0.3) is 11.0 Å². The Morgan fingerprint density at radius 1 is 1.21 bits per heavy atom. The number of aliphatic hydroxyl groups is 2. The molecule has 1 fully saturated rings. The number of anilines is 1. The van der Waals surface area contributed by atoms with Crippen LogP contribution in [0.15, 0.2) is 35.3 Å². The number of nitrogens with zero attached hydrogens (tertiary/aromatic N) is 3. The van der Waals surface area contributed by atoms with Crippen LogP contribution in [-0.4, -0.2) is 66.8 Å². The molecular weight excluding hydrogens is 430 g/mol. The van der Waals surface area contributed by atoms with E-state index in [9.17, 15) is 24.6 Å². The van der Waals surface area contributed by atoms with Crippen molar-refractivity contribution in [3.05, 3.63) is 57.5 Å². The van der Waals surface area contributed by atoms with E-state index in [0.717, 1.165) is 4.90 Å². The molecule has 0 spiro atoms. The number of aromatic nitrogens is 3. The van der Waals surface area contributed by atoms with E-state index >= 15 is 0 Å². The van der Waals surface area contributed by atoms with Crippen LogP contribution in [0.5, 0.6) is 0 Å². The number of benzene rings is 1. The fraction of sp³-hybridized carbons (Fsp3) is 0.273. The number of aromatic amines is 1. The molecule has 3 atom stereocenters. The first kappa shape index (κ1) is 20.9. The summed E-state index contributed by atoms with van der Waals surface area (Å²) in [5.41, 5.74) is 6.35. The Bertz CT molecular complexity index is 1380. The molecule has 1 saturated heterocycles. The highest BCUT2D eigenvalue weighted by Gasteiger charge is 2.36. The van der Waals surface area contributed by atoms with E-state index in [1.807, 2.05) is 0 Å². The van der Waals surface area contributed by atoms with Crippen molar-refractivity contribution < 1.29 is 24.5 Å². The van der Waals surface area contributed by atoms with Crippen molar-refractivity contribution in [1.82, 2.24) is 19.4 Å². The van der Waals surface area contributed by atoms with Gasteiger partial charge in [-0.25, -0.2) is 0 Å². The van der Waals surface area contributed by atoms with Crippen molar-refractivity contribution >= 4 is 28.8 Å². The third kappa shape index (κ3) is 3.37. The number of hydrogen-bond donors (Lipinski definition) is 4. The molecule has 5 rings (SSSR count). The van der Waals surface area contributed by atoms with Crippen LogP contribution >= 0.6 is 0 Å². The van der Waals surface area contributed by atoms with E-state index < -0.39 is 35.8 Å². The molecule has 4 heterocycles. The molecule has 3 aromatic rings. The zero-order valence-electron chi connectivity index (χ0n) is 17.2. The molecule has 1 aromatic carbocycles. The Kier molecular flexibility index (Phi) is 4.98. The van der Waals surface area contributed by atoms with Crippen LogP contribution in [0.4, 0.5) is 5.95 Å². The molecule has 33 heavy (non-hydrogen) atoms. The molecule has 11 nitrogen and oxygen atoms in total. The number of nitrogen functional groups attached to an aromatic ring is 1. The Labute approximate surface area is 186 Å². The van der Waals surface area contributed by atoms with Gasteiger partial charge < -0.3 is 25.3 Å². The van der Waals surface area contributed by atoms with Gasteiger partial charge in [-0.1, -0.05) is 24.0 Å². The number of ether oxygens (including phenoxy) is 1. The third-order valence-corrected chi connectivity index (χ3v) is 5.73. The summed E-state index contributed by atoms with van der Waals surface area (Å²) in [5.74, 6) is 4.66. The largest absolute Gasteiger partial charge is 0.394 e. The highest BCUT2D eigenvalue weighted by Crippen LogP contribution is 2.32. The molecule has 2 aliphatic rings. The third-order valence-electron chi connectivity index (χ3n) is 5.73. The van der Waals surface area contributed by atoms with E-state index in [2.05, 4.69) is 21.8 Å². The number of H-pyrrole nitrogens is 1. The summed E-state index contributed by atoms with van der Waals surface area (Å²) in [6, 6.07) is 6.54.